The van der Waals surface area contributed by atoms with Crippen molar-refractivity contribution in [3.8, 4) is 0 Å². The van der Waals surface area contributed by atoms with Gasteiger partial charge in [0.1, 0.15) is 0 Å². The van der Waals surface area contributed by atoms with Gasteiger partial charge in [-0.1, -0.05) is 19.1 Å². The number of piperidine rings is 1. The second kappa shape index (κ2) is 4.66. The highest BCUT2D eigenvalue weighted by molar-refractivity contribution is 5.80. The molecule has 0 saturated carbocycles. The van der Waals surface area contributed by atoms with Crippen LogP contribution in [-0.4, -0.2) is 50.7 Å². The van der Waals surface area contributed by atoms with E-state index in [4.69, 9.17) is 0 Å². The minimum absolute atomic E-state index is 0.733. The van der Waals surface area contributed by atoms with Crippen molar-refractivity contribution in [1.82, 2.24) is 4.90 Å². The number of rotatable bonds is 2. The quantitative estimate of drug-likeness (QED) is 0.818. The van der Waals surface area contributed by atoms with Gasteiger partial charge in [0.15, 0.2) is 0 Å². The third-order valence-electron chi connectivity index (χ3n) is 5.42. The smallest absolute Gasteiger partial charge is 0.0644 e. The molecule has 1 aromatic carbocycles. The SMILES string of the molecule is CCCN1CC[C@H]2[C@@H](C1)c1cccc3c1N2CCN3C. The summed E-state index contributed by atoms with van der Waals surface area (Å²) in [6, 6.07) is 7.69. The van der Waals surface area contributed by atoms with Gasteiger partial charge in [-0.15, -0.1) is 0 Å². The molecule has 0 aromatic heterocycles. The van der Waals surface area contributed by atoms with Crippen LogP contribution in [0.3, 0.4) is 0 Å². The fraction of sp³-hybridized carbons (Fsp3) is 0.647. The summed E-state index contributed by atoms with van der Waals surface area (Å²) in [5.74, 6) is 0.733. The molecule has 3 heteroatoms. The first-order valence-electron chi connectivity index (χ1n) is 8.12. The number of para-hydroxylation sites is 1. The van der Waals surface area contributed by atoms with Crippen molar-refractivity contribution in [3.63, 3.8) is 0 Å². The van der Waals surface area contributed by atoms with Crippen molar-refractivity contribution in [2.75, 3.05) is 49.6 Å². The average Bonchev–Trinajstić information content (AvgIpc) is 2.79. The maximum Gasteiger partial charge on any atom is 0.0644 e. The Morgan fingerprint density at radius 2 is 2.10 bits per heavy atom. The molecule has 2 atom stereocenters. The van der Waals surface area contributed by atoms with Gasteiger partial charge in [0.05, 0.1) is 11.4 Å². The van der Waals surface area contributed by atoms with Crippen molar-refractivity contribution in [2.24, 2.45) is 0 Å². The molecule has 0 spiro atoms. The molecule has 1 saturated heterocycles. The van der Waals surface area contributed by atoms with Crippen LogP contribution in [-0.2, 0) is 0 Å². The summed E-state index contributed by atoms with van der Waals surface area (Å²) in [4.78, 5) is 7.82. The van der Waals surface area contributed by atoms with Crippen LogP contribution in [0.2, 0.25) is 0 Å². The molecule has 0 N–H and O–H groups in total. The van der Waals surface area contributed by atoms with Crippen molar-refractivity contribution < 1.29 is 0 Å². The molecule has 20 heavy (non-hydrogen) atoms. The molecule has 3 aliphatic heterocycles. The summed E-state index contributed by atoms with van der Waals surface area (Å²) in [5, 5.41) is 0. The van der Waals surface area contributed by atoms with Gasteiger partial charge < -0.3 is 14.7 Å². The van der Waals surface area contributed by atoms with Crippen molar-refractivity contribution in [1.29, 1.82) is 0 Å². The summed E-state index contributed by atoms with van der Waals surface area (Å²) in [6.45, 7) is 8.47. The van der Waals surface area contributed by atoms with E-state index in [0.29, 0.717) is 0 Å². The average molecular weight is 271 g/mol. The van der Waals surface area contributed by atoms with Crippen molar-refractivity contribution >= 4 is 11.4 Å². The Balaban J connectivity index is 1.72. The van der Waals surface area contributed by atoms with Gasteiger partial charge in [-0.3, -0.25) is 0 Å². The zero-order chi connectivity index (χ0) is 13.7. The molecule has 0 unspecified atom stereocenters. The summed E-state index contributed by atoms with van der Waals surface area (Å²) in [6.07, 6.45) is 2.61. The molecule has 4 rings (SSSR count). The lowest BCUT2D eigenvalue weighted by atomic mass is 9.89. The standard InChI is InChI=1S/C17H25N3/c1-3-8-19-9-7-15-14(12-19)13-5-4-6-16-17(13)20(15)11-10-18(16)2/h4-6,14-15H,3,7-12H2,1-2H3/t14-,15-/m0/s1. The van der Waals surface area contributed by atoms with Crippen LogP contribution < -0.4 is 9.80 Å². The molecule has 0 radical (unpaired) electrons. The number of anilines is 2. The predicted octanol–water partition coefficient (Wildman–Crippen LogP) is 2.52. The second-order valence-corrected chi connectivity index (χ2v) is 6.59. The summed E-state index contributed by atoms with van der Waals surface area (Å²) < 4.78 is 0. The zero-order valence-electron chi connectivity index (χ0n) is 12.7. The Morgan fingerprint density at radius 1 is 1.20 bits per heavy atom. The van der Waals surface area contributed by atoms with E-state index in [1.165, 1.54) is 51.3 Å². The van der Waals surface area contributed by atoms with E-state index >= 15 is 0 Å². The van der Waals surface area contributed by atoms with E-state index in [2.05, 4.69) is 46.9 Å². The first-order valence-corrected chi connectivity index (χ1v) is 8.12. The lowest BCUT2D eigenvalue weighted by Crippen LogP contribution is -2.49. The van der Waals surface area contributed by atoms with Gasteiger partial charge in [0, 0.05) is 45.2 Å². The van der Waals surface area contributed by atoms with Crippen LogP contribution in [0.5, 0.6) is 0 Å². The van der Waals surface area contributed by atoms with Crippen LogP contribution in [0, 0.1) is 0 Å². The highest BCUT2D eigenvalue weighted by Crippen LogP contribution is 2.50. The van der Waals surface area contributed by atoms with Crippen LogP contribution in [0.25, 0.3) is 0 Å². The Morgan fingerprint density at radius 3 is 2.95 bits per heavy atom. The Labute approximate surface area is 122 Å². The van der Waals surface area contributed by atoms with Crippen molar-refractivity contribution in [2.45, 2.75) is 31.7 Å². The molecule has 0 aliphatic carbocycles. The van der Waals surface area contributed by atoms with Gasteiger partial charge in [0.25, 0.3) is 0 Å². The first kappa shape index (κ1) is 12.5. The molecule has 1 aromatic rings. The van der Waals surface area contributed by atoms with E-state index in [0.717, 1.165) is 12.0 Å². The van der Waals surface area contributed by atoms with Crippen LogP contribution in [0.4, 0.5) is 11.4 Å². The summed E-state index contributed by atoms with van der Waals surface area (Å²) >= 11 is 0. The highest BCUT2D eigenvalue weighted by atomic mass is 15.3. The van der Waals surface area contributed by atoms with Gasteiger partial charge in [0.2, 0.25) is 0 Å². The summed E-state index contributed by atoms with van der Waals surface area (Å²) in [7, 11) is 2.23. The predicted molar refractivity (Wildman–Crippen MR) is 84.9 cm³/mol. The number of fused-ring (bicyclic) bond motifs is 3. The zero-order valence-corrected chi connectivity index (χ0v) is 12.7. The molecule has 3 aliphatic rings. The number of hydrogen-bond acceptors (Lipinski definition) is 3. The number of hydrogen-bond donors (Lipinski definition) is 0. The Kier molecular flexibility index (Phi) is 2.92. The summed E-state index contributed by atoms with van der Waals surface area (Å²) in [5.41, 5.74) is 4.61. The molecule has 108 valence electrons. The molecule has 3 nitrogen and oxygen atoms in total. The number of likely N-dealkylation sites (tertiary alicyclic amines) is 1. The van der Waals surface area contributed by atoms with E-state index < -0.39 is 0 Å². The number of likely N-dealkylation sites (N-methyl/N-ethyl adjacent to an activating group) is 1. The third kappa shape index (κ3) is 1.69. The van der Waals surface area contributed by atoms with E-state index in [1.807, 2.05) is 0 Å². The second-order valence-electron chi connectivity index (χ2n) is 6.59. The molecule has 0 bridgehead atoms. The molecule has 1 fully saturated rings. The van der Waals surface area contributed by atoms with Crippen molar-refractivity contribution in [3.05, 3.63) is 23.8 Å². The minimum Gasteiger partial charge on any atom is -0.371 e. The van der Waals surface area contributed by atoms with Gasteiger partial charge in [-0.25, -0.2) is 0 Å². The van der Waals surface area contributed by atoms with Crippen LogP contribution >= 0.6 is 0 Å². The van der Waals surface area contributed by atoms with Gasteiger partial charge in [-0.2, -0.15) is 0 Å². The highest BCUT2D eigenvalue weighted by Gasteiger charge is 2.44. The third-order valence-corrected chi connectivity index (χ3v) is 5.42. The minimum atomic E-state index is 0.733. The van der Waals surface area contributed by atoms with Crippen LogP contribution in [0.15, 0.2) is 18.2 Å². The molecule has 3 heterocycles. The fourth-order valence-corrected chi connectivity index (χ4v) is 4.50. The maximum absolute atomic E-state index is 2.72. The Hall–Kier alpha value is -1.22. The molecule has 0 amide bonds. The topological polar surface area (TPSA) is 9.72 Å². The monoisotopic (exact) mass is 271 g/mol. The first-order chi connectivity index (χ1) is 9.79. The lowest BCUT2D eigenvalue weighted by Gasteiger charge is -2.41. The normalized spacial score (nSPS) is 28.5. The number of benzene rings is 1. The molecular formula is C17H25N3. The molecular weight excluding hydrogens is 246 g/mol. The largest absolute Gasteiger partial charge is 0.371 e. The Bertz CT molecular complexity index is 513. The fourth-order valence-electron chi connectivity index (χ4n) is 4.50. The van der Waals surface area contributed by atoms with Gasteiger partial charge >= 0.3 is 0 Å². The number of nitrogens with zero attached hydrogens (tertiary/aromatic N) is 3. The lowest BCUT2D eigenvalue weighted by molar-refractivity contribution is 0.194. The van der Waals surface area contributed by atoms with E-state index in [9.17, 15) is 0 Å². The van der Waals surface area contributed by atoms with E-state index in [1.54, 1.807) is 11.3 Å². The van der Waals surface area contributed by atoms with E-state index in [-0.39, 0.29) is 0 Å². The maximum atomic E-state index is 2.72. The van der Waals surface area contributed by atoms with Crippen LogP contribution in [0.1, 0.15) is 31.2 Å². The van der Waals surface area contributed by atoms with Gasteiger partial charge in [-0.05, 0) is 31.0 Å².